The van der Waals surface area contributed by atoms with E-state index in [1.807, 2.05) is 6.92 Å². The van der Waals surface area contributed by atoms with Crippen molar-refractivity contribution < 1.29 is 35.9 Å². The largest absolute Gasteiger partial charge is 0.494 e. The van der Waals surface area contributed by atoms with Crippen LogP contribution in [0.15, 0.2) is 42.5 Å². The lowest BCUT2D eigenvalue weighted by molar-refractivity contribution is -0.143. The molecular formula is C21H21F6N3O2. The summed E-state index contributed by atoms with van der Waals surface area (Å²) in [7, 11) is 0. The maximum atomic E-state index is 13.1. The number of nitrogens with zero attached hydrogens (tertiary/aromatic N) is 2. The quantitative estimate of drug-likeness (QED) is 0.614. The number of amides is 2. The second kappa shape index (κ2) is 9.17. The number of nitrogens with one attached hydrogen (secondary N) is 1. The van der Waals surface area contributed by atoms with Crippen molar-refractivity contribution >= 4 is 17.4 Å². The molecule has 1 N–H and O–H groups in total. The maximum Gasteiger partial charge on any atom is 0.416 e. The fraction of sp³-hybridized carbons (Fsp3) is 0.381. The van der Waals surface area contributed by atoms with Gasteiger partial charge >= 0.3 is 18.4 Å². The zero-order valence-corrected chi connectivity index (χ0v) is 17.1. The summed E-state index contributed by atoms with van der Waals surface area (Å²) in [5.74, 6) is 0.651. The van der Waals surface area contributed by atoms with Crippen LogP contribution < -0.4 is 15.0 Å². The Bertz CT molecular complexity index is 904. The minimum atomic E-state index is -4.91. The van der Waals surface area contributed by atoms with Gasteiger partial charge in [0.05, 0.1) is 17.7 Å². The number of urea groups is 1. The topological polar surface area (TPSA) is 44.8 Å². The highest BCUT2D eigenvalue weighted by molar-refractivity contribution is 5.89. The zero-order valence-electron chi connectivity index (χ0n) is 17.1. The van der Waals surface area contributed by atoms with Crippen molar-refractivity contribution in [1.82, 2.24) is 4.90 Å². The summed E-state index contributed by atoms with van der Waals surface area (Å²) in [5, 5.41) is 2.71. The fourth-order valence-corrected chi connectivity index (χ4v) is 3.29. The summed E-state index contributed by atoms with van der Waals surface area (Å²) < 4.78 is 83.9. The highest BCUT2D eigenvalue weighted by atomic mass is 19.4. The molecule has 2 aromatic rings. The van der Waals surface area contributed by atoms with Crippen LogP contribution in [0.3, 0.4) is 0 Å². The first-order valence-electron chi connectivity index (χ1n) is 9.80. The number of piperazine rings is 1. The Labute approximate surface area is 180 Å². The summed E-state index contributed by atoms with van der Waals surface area (Å²) in [6.07, 6.45) is -9.81. The molecule has 1 aliphatic rings. The van der Waals surface area contributed by atoms with Crippen molar-refractivity contribution in [1.29, 1.82) is 0 Å². The van der Waals surface area contributed by atoms with Crippen LogP contribution >= 0.6 is 0 Å². The molecule has 0 aromatic heterocycles. The number of alkyl halides is 6. The van der Waals surface area contributed by atoms with E-state index >= 15 is 0 Å². The molecule has 0 saturated carbocycles. The molecule has 1 heterocycles. The standard InChI is InChI=1S/C21H21F6N3O2/c1-2-32-18-5-3-16(4-6-18)28-19(31)30-9-7-29(8-10-30)17-12-14(20(22,23)24)11-15(13-17)21(25,26)27/h3-6,11-13H,2,7-10H2,1H3,(H,28,31). The van der Waals surface area contributed by atoms with Crippen LogP contribution in [0.4, 0.5) is 42.5 Å². The molecule has 2 amide bonds. The van der Waals surface area contributed by atoms with Crippen molar-refractivity contribution in [2.45, 2.75) is 19.3 Å². The number of hydrogen-bond donors (Lipinski definition) is 1. The molecule has 0 bridgehead atoms. The van der Waals surface area contributed by atoms with E-state index in [0.29, 0.717) is 30.2 Å². The SMILES string of the molecule is CCOc1ccc(NC(=O)N2CCN(c3cc(C(F)(F)F)cc(C(F)(F)F)c3)CC2)cc1. The smallest absolute Gasteiger partial charge is 0.416 e. The van der Waals surface area contributed by atoms with Crippen LogP contribution in [0.1, 0.15) is 18.1 Å². The molecule has 5 nitrogen and oxygen atoms in total. The predicted molar refractivity (Wildman–Crippen MR) is 107 cm³/mol. The normalized spacial score (nSPS) is 15.0. The van der Waals surface area contributed by atoms with Gasteiger partial charge in [-0.2, -0.15) is 26.3 Å². The molecule has 0 spiro atoms. The molecule has 174 valence electrons. The van der Waals surface area contributed by atoms with Crippen LogP contribution in [0.5, 0.6) is 5.75 Å². The molecule has 0 radical (unpaired) electrons. The van der Waals surface area contributed by atoms with Gasteiger partial charge in [-0.05, 0) is 49.4 Å². The van der Waals surface area contributed by atoms with Crippen LogP contribution in [0, 0.1) is 0 Å². The Morgan fingerprint density at radius 3 is 1.91 bits per heavy atom. The molecule has 1 aliphatic heterocycles. The van der Waals surface area contributed by atoms with Crippen molar-refractivity contribution in [2.75, 3.05) is 43.0 Å². The van der Waals surface area contributed by atoms with Gasteiger partial charge in [-0.15, -0.1) is 0 Å². The Balaban J connectivity index is 1.66. The second-order valence-electron chi connectivity index (χ2n) is 7.13. The average molecular weight is 461 g/mol. The first-order chi connectivity index (χ1) is 15.0. The Morgan fingerprint density at radius 1 is 0.906 bits per heavy atom. The highest BCUT2D eigenvalue weighted by Gasteiger charge is 2.37. The number of hydrogen-bond acceptors (Lipinski definition) is 3. The highest BCUT2D eigenvalue weighted by Crippen LogP contribution is 2.38. The summed E-state index contributed by atoms with van der Waals surface area (Å²) in [6, 6.07) is 7.82. The van der Waals surface area contributed by atoms with Gasteiger partial charge in [-0.1, -0.05) is 0 Å². The third-order valence-corrected chi connectivity index (χ3v) is 4.92. The van der Waals surface area contributed by atoms with Crippen LogP contribution in [-0.2, 0) is 12.4 Å². The van der Waals surface area contributed by atoms with Crippen molar-refractivity contribution in [3.63, 3.8) is 0 Å². The van der Waals surface area contributed by atoms with E-state index in [0.717, 1.165) is 0 Å². The monoisotopic (exact) mass is 461 g/mol. The van der Waals surface area contributed by atoms with E-state index in [9.17, 15) is 31.1 Å². The molecule has 0 unspecified atom stereocenters. The summed E-state index contributed by atoms with van der Waals surface area (Å²) in [5.41, 5.74) is -2.37. The third-order valence-electron chi connectivity index (χ3n) is 4.92. The summed E-state index contributed by atoms with van der Waals surface area (Å²) in [4.78, 5) is 15.3. The number of ether oxygens (including phenoxy) is 1. The zero-order chi connectivity index (χ0) is 23.5. The van der Waals surface area contributed by atoms with Gasteiger partial charge in [0.2, 0.25) is 0 Å². The van der Waals surface area contributed by atoms with Crippen molar-refractivity contribution in [3.8, 4) is 5.75 Å². The molecule has 32 heavy (non-hydrogen) atoms. The van der Waals surface area contributed by atoms with Gasteiger partial charge in [0.15, 0.2) is 0 Å². The lowest BCUT2D eigenvalue weighted by Gasteiger charge is -2.36. The van der Waals surface area contributed by atoms with E-state index in [-0.39, 0.29) is 37.9 Å². The van der Waals surface area contributed by atoms with E-state index in [1.54, 1.807) is 24.3 Å². The molecule has 3 rings (SSSR count). The van der Waals surface area contributed by atoms with E-state index in [1.165, 1.54) is 9.80 Å². The molecule has 2 aromatic carbocycles. The fourth-order valence-electron chi connectivity index (χ4n) is 3.29. The summed E-state index contributed by atoms with van der Waals surface area (Å²) >= 11 is 0. The summed E-state index contributed by atoms with van der Waals surface area (Å²) in [6.45, 7) is 2.82. The number of anilines is 2. The molecule has 0 atom stereocenters. The van der Waals surface area contributed by atoms with Gasteiger partial charge in [0, 0.05) is 37.6 Å². The Hall–Kier alpha value is -3.11. The van der Waals surface area contributed by atoms with Crippen LogP contribution in [0.25, 0.3) is 0 Å². The number of halogens is 6. The predicted octanol–water partition coefficient (Wildman–Crippen LogP) is 5.48. The minimum absolute atomic E-state index is 0.0926. The van der Waals surface area contributed by atoms with Crippen molar-refractivity contribution in [2.24, 2.45) is 0 Å². The molecule has 0 aliphatic carbocycles. The first kappa shape index (κ1) is 23.6. The van der Waals surface area contributed by atoms with Crippen molar-refractivity contribution in [3.05, 3.63) is 53.6 Å². The second-order valence-corrected chi connectivity index (χ2v) is 7.13. The molecule has 11 heteroatoms. The number of rotatable bonds is 4. The van der Waals surface area contributed by atoms with Gasteiger partial charge in [-0.3, -0.25) is 0 Å². The molecular weight excluding hydrogens is 440 g/mol. The Morgan fingerprint density at radius 2 is 1.44 bits per heavy atom. The lowest BCUT2D eigenvalue weighted by atomic mass is 10.1. The third kappa shape index (κ3) is 5.77. The lowest BCUT2D eigenvalue weighted by Crippen LogP contribution is -2.50. The van der Waals surface area contributed by atoms with Crippen LogP contribution in [-0.4, -0.2) is 43.7 Å². The minimum Gasteiger partial charge on any atom is -0.494 e. The van der Waals surface area contributed by atoms with E-state index < -0.39 is 29.5 Å². The average Bonchev–Trinajstić information content (AvgIpc) is 2.74. The molecule has 1 saturated heterocycles. The number of carbonyl (C=O) groups is 1. The van der Waals surface area contributed by atoms with E-state index in [2.05, 4.69) is 5.32 Å². The number of carbonyl (C=O) groups excluding carboxylic acids is 1. The van der Waals surface area contributed by atoms with Crippen LogP contribution in [0.2, 0.25) is 0 Å². The maximum absolute atomic E-state index is 13.1. The van der Waals surface area contributed by atoms with Gasteiger partial charge in [0.25, 0.3) is 0 Å². The Kier molecular flexibility index (Phi) is 6.75. The van der Waals surface area contributed by atoms with Gasteiger partial charge in [0.1, 0.15) is 5.75 Å². The molecule has 1 fully saturated rings. The van der Waals surface area contributed by atoms with Gasteiger partial charge < -0.3 is 19.9 Å². The van der Waals surface area contributed by atoms with E-state index in [4.69, 9.17) is 4.74 Å². The first-order valence-corrected chi connectivity index (χ1v) is 9.80. The number of benzene rings is 2. The van der Waals surface area contributed by atoms with Gasteiger partial charge in [-0.25, -0.2) is 4.79 Å².